The summed E-state index contributed by atoms with van der Waals surface area (Å²) in [6.07, 6.45) is 8.45. The van der Waals surface area contributed by atoms with Crippen LogP contribution in [0.5, 0.6) is 0 Å². The van der Waals surface area contributed by atoms with Crippen molar-refractivity contribution in [3.63, 3.8) is 0 Å². The molecule has 1 atom stereocenters. The van der Waals surface area contributed by atoms with Crippen molar-refractivity contribution in [2.45, 2.75) is 39.0 Å². The van der Waals surface area contributed by atoms with Crippen LogP contribution < -0.4 is 5.32 Å². The number of hydrogen-bond donors (Lipinski definition) is 2. The lowest BCUT2D eigenvalue weighted by molar-refractivity contribution is 0.442. The van der Waals surface area contributed by atoms with Gasteiger partial charge in [0.25, 0.3) is 0 Å². The molecule has 2 N–H and O–H groups in total. The van der Waals surface area contributed by atoms with Crippen LogP contribution in [-0.4, -0.2) is 23.3 Å². The van der Waals surface area contributed by atoms with Gasteiger partial charge in [-0.05, 0) is 43.7 Å². The Hall–Kier alpha value is -1.09. The lowest BCUT2D eigenvalue weighted by atomic mass is 9.83. The van der Waals surface area contributed by atoms with Crippen molar-refractivity contribution in [3.8, 4) is 0 Å². The third-order valence-electron chi connectivity index (χ3n) is 4.19. The van der Waals surface area contributed by atoms with Crippen molar-refractivity contribution < 1.29 is 0 Å². The number of nitrogens with one attached hydrogen (secondary N) is 2. The molecule has 1 aliphatic heterocycles. The molecule has 0 fully saturated rings. The molecule has 17 heavy (non-hydrogen) atoms. The highest BCUT2D eigenvalue weighted by atomic mass is 15.1. The van der Waals surface area contributed by atoms with E-state index in [-0.39, 0.29) is 0 Å². The fraction of sp³-hybridized carbons (Fsp3) is 0.643. The van der Waals surface area contributed by atoms with Crippen molar-refractivity contribution >= 4 is 5.57 Å². The van der Waals surface area contributed by atoms with Gasteiger partial charge in [-0.15, -0.1) is 0 Å². The van der Waals surface area contributed by atoms with E-state index in [9.17, 15) is 0 Å². The van der Waals surface area contributed by atoms with E-state index in [4.69, 9.17) is 0 Å². The van der Waals surface area contributed by atoms with Crippen LogP contribution in [0.25, 0.3) is 5.57 Å². The molecular weight excluding hydrogens is 210 g/mol. The van der Waals surface area contributed by atoms with Crippen LogP contribution in [0.2, 0.25) is 0 Å². The molecule has 0 aromatic carbocycles. The van der Waals surface area contributed by atoms with Crippen LogP contribution in [-0.2, 0) is 12.8 Å². The lowest BCUT2D eigenvalue weighted by Gasteiger charge is -2.22. The average molecular weight is 231 g/mol. The van der Waals surface area contributed by atoms with Gasteiger partial charge in [0.2, 0.25) is 0 Å². The molecule has 2 aliphatic rings. The minimum Gasteiger partial charge on any atom is -0.313 e. The van der Waals surface area contributed by atoms with Gasteiger partial charge in [0.05, 0.1) is 5.69 Å². The van der Waals surface area contributed by atoms with Gasteiger partial charge < -0.3 is 5.32 Å². The molecule has 0 saturated heterocycles. The third kappa shape index (κ3) is 2.04. The summed E-state index contributed by atoms with van der Waals surface area (Å²) in [5.41, 5.74) is 5.61. The van der Waals surface area contributed by atoms with Crippen LogP contribution in [0.4, 0.5) is 0 Å². The lowest BCUT2D eigenvalue weighted by Crippen LogP contribution is -2.21. The summed E-state index contributed by atoms with van der Waals surface area (Å²) >= 11 is 0. The predicted octanol–water partition coefficient (Wildman–Crippen LogP) is 2.30. The Morgan fingerprint density at radius 1 is 1.41 bits per heavy atom. The Kier molecular flexibility index (Phi) is 3.02. The van der Waals surface area contributed by atoms with E-state index in [1.54, 1.807) is 0 Å². The van der Waals surface area contributed by atoms with Gasteiger partial charge in [0.15, 0.2) is 0 Å². The van der Waals surface area contributed by atoms with E-state index in [0.29, 0.717) is 0 Å². The van der Waals surface area contributed by atoms with Gasteiger partial charge in [-0.1, -0.05) is 19.4 Å². The molecule has 92 valence electrons. The van der Waals surface area contributed by atoms with Crippen LogP contribution in [0.1, 0.15) is 43.1 Å². The topological polar surface area (TPSA) is 40.7 Å². The first-order chi connectivity index (χ1) is 8.38. The average Bonchev–Trinajstić information content (AvgIpc) is 2.82. The highest BCUT2D eigenvalue weighted by Gasteiger charge is 2.24. The van der Waals surface area contributed by atoms with Crippen LogP contribution in [0, 0.1) is 5.92 Å². The molecule has 0 radical (unpaired) electrons. The number of H-pyrrole nitrogens is 1. The zero-order chi connectivity index (χ0) is 11.7. The second-order valence-corrected chi connectivity index (χ2v) is 5.23. The standard InChI is InChI=1S/C14H21N3/c1-2-10-3-4-13-12(9-10)14(17-16-13)11-5-7-15-8-6-11/h5,10,15H,2-4,6-9H2,1H3,(H,16,17). The summed E-state index contributed by atoms with van der Waals surface area (Å²) < 4.78 is 0. The van der Waals surface area contributed by atoms with E-state index < -0.39 is 0 Å². The fourth-order valence-corrected chi connectivity index (χ4v) is 3.02. The Labute approximate surface area is 103 Å². The SMILES string of the molecule is CCC1CCc2[nH]nc(C3=CCNCC3)c2C1. The molecule has 1 unspecified atom stereocenters. The predicted molar refractivity (Wildman–Crippen MR) is 69.9 cm³/mol. The maximum Gasteiger partial charge on any atom is 0.0913 e. The van der Waals surface area contributed by atoms with Gasteiger partial charge >= 0.3 is 0 Å². The van der Waals surface area contributed by atoms with Crippen molar-refractivity contribution in [3.05, 3.63) is 23.0 Å². The van der Waals surface area contributed by atoms with Gasteiger partial charge in [0, 0.05) is 17.8 Å². The molecule has 0 saturated carbocycles. The first-order valence-corrected chi connectivity index (χ1v) is 6.84. The molecule has 0 amide bonds. The van der Waals surface area contributed by atoms with Crippen molar-refractivity contribution in [2.24, 2.45) is 5.92 Å². The van der Waals surface area contributed by atoms with E-state index in [1.807, 2.05) is 0 Å². The molecule has 2 heterocycles. The minimum atomic E-state index is 0.862. The normalized spacial score (nSPS) is 24.3. The number of nitrogens with zero attached hydrogens (tertiary/aromatic N) is 1. The Morgan fingerprint density at radius 2 is 2.35 bits per heavy atom. The number of aryl methyl sites for hydroxylation is 1. The first kappa shape index (κ1) is 11.0. The maximum atomic E-state index is 4.57. The zero-order valence-corrected chi connectivity index (χ0v) is 10.6. The molecule has 0 spiro atoms. The van der Waals surface area contributed by atoms with Gasteiger partial charge in [-0.3, -0.25) is 5.10 Å². The largest absolute Gasteiger partial charge is 0.313 e. The monoisotopic (exact) mass is 231 g/mol. The second kappa shape index (κ2) is 4.65. The van der Waals surface area contributed by atoms with Crippen LogP contribution >= 0.6 is 0 Å². The molecule has 3 heteroatoms. The quantitative estimate of drug-likeness (QED) is 0.820. The molecule has 3 rings (SSSR count). The molecule has 0 bridgehead atoms. The Balaban J connectivity index is 1.91. The van der Waals surface area contributed by atoms with Crippen molar-refractivity contribution in [2.75, 3.05) is 13.1 Å². The smallest absolute Gasteiger partial charge is 0.0913 e. The number of aromatic nitrogens is 2. The fourth-order valence-electron chi connectivity index (χ4n) is 3.02. The molecule has 1 aliphatic carbocycles. The Bertz CT molecular complexity index is 431. The van der Waals surface area contributed by atoms with E-state index in [0.717, 1.165) is 25.4 Å². The summed E-state index contributed by atoms with van der Waals surface area (Å²) in [5, 5.41) is 11.2. The highest BCUT2D eigenvalue weighted by Crippen LogP contribution is 2.32. The molecule has 3 nitrogen and oxygen atoms in total. The van der Waals surface area contributed by atoms with Gasteiger partial charge in [-0.2, -0.15) is 5.10 Å². The molecule has 1 aromatic rings. The molecule has 1 aromatic heterocycles. The highest BCUT2D eigenvalue weighted by molar-refractivity contribution is 5.67. The molecular formula is C14H21N3. The number of rotatable bonds is 2. The van der Waals surface area contributed by atoms with E-state index in [1.165, 1.54) is 48.2 Å². The van der Waals surface area contributed by atoms with Gasteiger partial charge in [0.1, 0.15) is 0 Å². The first-order valence-electron chi connectivity index (χ1n) is 6.84. The zero-order valence-electron chi connectivity index (χ0n) is 10.6. The van der Waals surface area contributed by atoms with E-state index >= 15 is 0 Å². The van der Waals surface area contributed by atoms with Gasteiger partial charge in [-0.25, -0.2) is 0 Å². The number of hydrogen-bond acceptors (Lipinski definition) is 2. The second-order valence-electron chi connectivity index (χ2n) is 5.23. The summed E-state index contributed by atoms with van der Waals surface area (Å²) in [4.78, 5) is 0. The van der Waals surface area contributed by atoms with E-state index in [2.05, 4.69) is 28.5 Å². The van der Waals surface area contributed by atoms with Crippen molar-refractivity contribution in [1.82, 2.24) is 15.5 Å². The third-order valence-corrected chi connectivity index (χ3v) is 4.19. The Morgan fingerprint density at radius 3 is 3.12 bits per heavy atom. The van der Waals surface area contributed by atoms with Crippen molar-refractivity contribution in [1.29, 1.82) is 0 Å². The maximum absolute atomic E-state index is 4.57. The minimum absolute atomic E-state index is 0.862. The van der Waals surface area contributed by atoms with Crippen LogP contribution in [0.3, 0.4) is 0 Å². The summed E-state index contributed by atoms with van der Waals surface area (Å²) in [6, 6.07) is 0. The summed E-state index contributed by atoms with van der Waals surface area (Å²) in [5.74, 6) is 0.862. The number of fused-ring (bicyclic) bond motifs is 1. The summed E-state index contributed by atoms with van der Waals surface area (Å²) in [6.45, 7) is 4.39. The number of aromatic amines is 1. The van der Waals surface area contributed by atoms with Crippen LogP contribution in [0.15, 0.2) is 6.08 Å². The summed E-state index contributed by atoms with van der Waals surface area (Å²) in [7, 11) is 0.